The summed E-state index contributed by atoms with van der Waals surface area (Å²) in [5.74, 6) is 0. The van der Waals surface area contributed by atoms with Crippen molar-refractivity contribution in [2.24, 2.45) is 9.98 Å². The Labute approximate surface area is 77.8 Å². The summed E-state index contributed by atoms with van der Waals surface area (Å²) in [6, 6.07) is 0. The molecule has 0 saturated carbocycles. The first-order valence-corrected chi connectivity index (χ1v) is 4.42. The van der Waals surface area contributed by atoms with Crippen molar-refractivity contribution in [1.29, 1.82) is 0 Å². The van der Waals surface area contributed by atoms with Gasteiger partial charge in [0.1, 0.15) is 0 Å². The quantitative estimate of drug-likeness (QED) is 0.465. The van der Waals surface area contributed by atoms with Crippen LogP contribution in [0.15, 0.2) is 9.98 Å². The first-order valence-electron chi connectivity index (χ1n) is 4.42. The molecule has 0 atom stereocenters. The van der Waals surface area contributed by atoms with Crippen LogP contribution >= 0.6 is 0 Å². The molecule has 0 bridgehead atoms. The molecule has 13 heavy (non-hydrogen) atoms. The highest BCUT2D eigenvalue weighted by atomic mass is 16.1. The van der Waals surface area contributed by atoms with Crippen LogP contribution in [0.3, 0.4) is 0 Å². The van der Waals surface area contributed by atoms with Crippen LogP contribution in [0.1, 0.15) is 39.5 Å². The average molecular weight is 182 g/mol. The molecule has 0 amide bonds. The highest BCUT2D eigenvalue weighted by Gasteiger charge is 2.25. The topological polar surface area (TPSA) is 58.9 Å². The molecule has 0 heterocycles. The fourth-order valence-electron chi connectivity index (χ4n) is 1.10. The SMILES string of the molecule is CCCCC(CC)(N=C=O)N=C=O. The standard InChI is InChI=1S/C9H14N2O2/c1-3-5-6-9(4-2,10-7-12)11-8-13/h3-6H2,1-2H3. The maximum absolute atomic E-state index is 10.1. The first-order chi connectivity index (χ1) is 6.24. The molecule has 0 aromatic heterocycles. The van der Waals surface area contributed by atoms with Crippen molar-refractivity contribution in [2.45, 2.75) is 45.2 Å². The zero-order valence-corrected chi connectivity index (χ0v) is 8.04. The molecule has 0 rings (SSSR count). The largest absolute Gasteiger partial charge is 0.237 e. The number of unbranched alkanes of at least 4 members (excludes halogenated alkanes) is 1. The fraction of sp³-hybridized carbons (Fsp3) is 0.778. The molecule has 4 heteroatoms. The van der Waals surface area contributed by atoms with Gasteiger partial charge in [-0.05, 0) is 19.3 Å². The second-order valence-electron chi connectivity index (χ2n) is 2.85. The number of carbonyl (C=O) groups excluding carboxylic acids is 2. The van der Waals surface area contributed by atoms with Gasteiger partial charge in [0.25, 0.3) is 0 Å². The zero-order valence-electron chi connectivity index (χ0n) is 8.04. The third-order valence-corrected chi connectivity index (χ3v) is 2.00. The fourth-order valence-corrected chi connectivity index (χ4v) is 1.10. The molecule has 0 aliphatic heterocycles. The highest BCUT2D eigenvalue weighted by molar-refractivity contribution is 5.38. The van der Waals surface area contributed by atoms with Crippen molar-refractivity contribution < 1.29 is 9.59 Å². The van der Waals surface area contributed by atoms with Crippen LogP contribution in [-0.4, -0.2) is 17.8 Å². The number of aliphatic imine (C=N–C) groups is 2. The van der Waals surface area contributed by atoms with Gasteiger partial charge in [0, 0.05) is 0 Å². The Morgan fingerprint density at radius 3 is 2.00 bits per heavy atom. The van der Waals surface area contributed by atoms with Gasteiger partial charge in [-0.15, -0.1) is 0 Å². The second kappa shape index (κ2) is 6.30. The summed E-state index contributed by atoms with van der Waals surface area (Å²) in [7, 11) is 0. The van der Waals surface area contributed by atoms with E-state index in [0.29, 0.717) is 12.8 Å². The zero-order chi connectivity index (χ0) is 10.2. The third-order valence-electron chi connectivity index (χ3n) is 2.00. The Hall–Kier alpha value is -1.24. The Morgan fingerprint density at radius 2 is 1.69 bits per heavy atom. The summed E-state index contributed by atoms with van der Waals surface area (Å²) in [6.45, 7) is 3.85. The van der Waals surface area contributed by atoms with E-state index in [4.69, 9.17) is 0 Å². The van der Waals surface area contributed by atoms with Gasteiger partial charge in [0.15, 0.2) is 5.66 Å². The lowest BCUT2D eigenvalue weighted by molar-refractivity contribution is 0.381. The lowest BCUT2D eigenvalue weighted by atomic mass is 10.0. The summed E-state index contributed by atoms with van der Waals surface area (Å²) in [5.41, 5.74) is -0.903. The summed E-state index contributed by atoms with van der Waals surface area (Å²) < 4.78 is 0. The molecule has 0 radical (unpaired) electrons. The number of rotatable bonds is 6. The molecule has 0 saturated heterocycles. The average Bonchev–Trinajstić information content (AvgIpc) is 2.15. The van der Waals surface area contributed by atoms with E-state index in [1.807, 2.05) is 13.8 Å². The van der Waals surface area contributed by atoms with E-state index in [2.05, 4.69) is 9.98 Å². The molecular weight excluding hydrogens is 168 g/mol. The number of isocyanates is 2. The summed E-state index contributed by atoms with van der Waals surface area (Å²) >= 11 is 0. The van der Waals surface area contributed by atoms with Crippen LogP contribution in [0.2, 0.25) is 0 Å². The van der Waals surface area contributed by atoms with Crippen LogP contribution in [0, 0.1) is 0 Å². The number of nitrogens with zero attached hydrogens (tertiary/aromatic N) is 2. The highest BCUT2D eigenvalue weighted by Crippen LogP contribution is 2.23. The minimum absolute atomic E-state index is 0.525. The predicted molar refractivity (Wildman–Crippen MR) is 48.8 cm³/mol. The Morgan fingerprint density at radius 1 is 1.15 bits per heavy atom. The van der Waals surface area contributed by atoms with E-state index in [9.17, 15) is 9.59 Å². The Balaban J connectivity index is 4.63. The third kappa shape index (κ3) is 3.79. The molecule has 72 valence electrons. The van der Waals surface area contributed by atoms with Crippen molar-refractivity contribution in [2.75, 3.05) is 0 Å². The van der Waals surface area contributed by atoms with Gasteiger partial charge < -0.3 is 0 Å². The minimum Gasteiger partial charge on any atom is -0.211 e. The van der Waals surface area contributed by atoms with E-state index in [-0.39, 0.29) is 0 Å². The molecule has 0 aliphatic carbocycles. The number of hydrogen-bond acceptors (Lipinski definition) is 4. The van der Waals surface area contributed by atoms with Gasteiger partial charge in [-0.25, -0.2) is 9.59 Å². The molecule has 0 aromatic carbocycles. The lowest BCUT2D eigenvalue weighted by Gasteiger charge is -2.19. The molecule has 0 spiro atoms. The van der Waals surface area contributed by atoms with Crippen molar-refractivity contribution in [1.82, 2.24) is 0 Å². The first kappa shape index (κ1) is 11.8. The van der Waals surface area contributed by atoms with Gasteiger partial charge in [0.2, 0.25) is 12.2 Å². The van der Waals surface area contributed by atoms with Crippen LogP contribution in [0.25, 0.3) is 0 Å². The van der Waals surface area contributed by atoms with Crippen molar-refractivity contribution in [3.63, 3.8) is 0 Å². The van der Waals surface area contributed by atoms with Crippen LogP contribution in [-0.2, 0) is 9.59 Å². The molecule has 0 N–H and O–H groups in total. The van der Waals surface area contributed by atoms with Crippen molar-refractivity contribution >= 4 is 12.2 Å². The smallest absolute Gasteiger partial charge is 0.211 e. The molecular formula is C9H14N2O2. The summed E-state index contributed by atoms with van der Waals surface area (Å²) in [5, 5.41) is 0. The van der Waals surface area contributed by atoms with Crippen molar-refractivity contribution in [3.8, 4) is 0 Å². The van der Waals surface area contributed by atoms with E-state index >= 15 is 0 Å². The second-order valence-corrected chi connectivity index (χ2v) is 2.85. The van der Waals surface area contributed by atoms with E-state index in [1.54, 1.807) is 0 Å². The van der Waals surface area contributed by atoms with Crippen molar-refractivity contribution in [3.05, 3.63) is 0 Å². The van der Waals surface area contributed by atoms with Gasteiger partial charge >= 0.3 is 0 Å². The molecule has 0 aromatic rings. The monoisotopic (exact) mass is 182 g/mol. The van der Waals surface area contributed by atoms with E-state index in [1.165, 1.54) is 12.2 Å². The predicted octanol–water partition coefficient (Wildman–Crippen LogP) is 1.95. The molecule has 0 fully saturated rings. The van der Waals surface area contributed by atoms with Crippen LogP contribution in [0.4, 0.5) is 0 Å². The minimum atomic E-state index is -0.903. The maximum Gasteiger partial charge on any atom is 0.237 e. The van der Waals surface area contributed by atoms with Gasteiger partial charge in [-0.2, -0.15) is 9.98 Å². The Kier molecular flexibility index (Phi) is 5.69. The molecule has 0 aliphatic rings. The van der Waals surface area contributed by atoms with Crippen LogP contribution < -0.4 is 0 Å². The normalized spacial score (nSPS) is 13.7. The van der Waals surface area contributed by atoms with Gasteiger partial charge in [-0.3, -0.25) is 0 Å². The lowest BCUT2D eigenvalue weighted by Crippen LogP contribution is -2.22. The summed E-state index contributed by atoms with van der Waals surface area (Å²) in [4.78, 5) is 27.4. The van der Waals surface area contributed by atoms with E-state index in [0.717, 1.165) is 12.8 Å². The van der Waals surface area contributed by atoms with E-state index < -0.39 is 5.66 Å². The molecule has 4 nitrogen and oxygen atoms in total. The van der Waals surface area contributed by atoms with Gasteiger partial charge in [-0.1, -0.05) is 20.3 Å². The molecule has 0 unspecified atom stereocenters. The van der Waals surface area contributed by atoms with Gasteiger partial charge in [0.05, 0.1) is 0 Å². The maximum atomic E-state index is 10.1. The Bertz CT molecular complexity index is 220. The number of hydrogen-bond donors (Lipinski definition) is 0. The van der Waals surface area contributed by atoms with Crippen LogP contribution in [0.5, 0.6) is 0 Å². The summed E-state index contributed by atoms with van der Waals surface area (Å²) in [6.07, 6.45) is 5.89.